The Morgan fingerprint density at radius 2 is 0.862 bits per heavy atom. The minimum absolute atomic E-state index is 0.0322. The molecule has 0 saturated carbocycles. The molecule has 2 aliphatic rings. The third-order valence-electron chi connectivity index (χ3n) is 8.63. The van der Waals surface area contributed by atoms with Crippen molar-refractivity contribution in [3.63, 3.8) is 0 Å². The molecule has 2 fully saturated rings. The number of esters is 6. The highest BCUT2D eigenvalue weighted by molar-refractivity contribution is 5.94. The van der Waals surface area contributed by atoms with Crippen LogP contribution in [0.3, 0.4) is 0 Å². The number of hydrogen-bond acceptors (Lipinski definition) is 16. The van der Waals surface area contributed by atoms with E-state index in [9.17, 15) is 28.8 Å². The molecule has 2 saturated heterocycles. The molecular weight excluding hydrogens is 760 g/mol. The second-order valence-electron chi connectivity index (χ2n) is 12.3. The first-order valence-electron chi connectivity index (χ1n) is 17.3. The smallest absolute Gasteiger partial charge is 0.343 e. The molecule has 0 bridgehead atoms. The van der Waals surface area contributed by atoms with Gasteiger partial charge in [-0.1, -0.05) is 13.2 Å². The van der Waals surface area contributed by atoms with E-state index in [1.807, 2.05) is 0 Å². The lowest BCUT2D eigenvalue weighted by Gasteiger charge is -2.18. The Hall–Kier alpha value is -7.30. The number of methoxy groups -OCH3 is 2. The van der Waals surface area contributed by atoms with E-state index in [1.165, 1.54) is 99.1 Å². The molecule has 298 valence electrons. The highest BCUT2D eigenvalue weighted by Gasteiger charge is 2.51. The maximum absolute atomic E-state index is 13.2. The lowest BCUT2D eigenvalue weighted by Crippen LogP contribution is -2.36. The summed E-state index contributed by atoms with van der Waals surface area (Å²) in [7, 11) is 2.67. The van der Waals surface area contributed by atoms with Crippen LogP contribution in [0.5, 0.6) is 34.5 Å². The van der Waals surface area contributed by atoms with Crippen molar-refractivity contribution in [3.05, 3.63) is 132 Å². The molecular formula is C42H34O16. The van der Waals surface area contributed by atoms with Crippen molar-refractivity contribution in [2.24, 2.45) is 0 Å². The molecule has 0 N–H and O–H groups in total. The average molecular weight is 795 g/mol. The molecule has 0 aliphatic carbocycles. The van der Waals surface area contributed by atoms with E-state index in [4.69, 9.17) is 47.4 Å². The van der Waals surface area contributed by atoms with Crippen molar-refractivity contribution in [1.82, 2.24) is 0 Å². The minimum Gasteiger partial charge on any atom is -0.493 e. The van der Waals surface area contributed by atoms with Crippen LogP contribution < -0.4 is 28.4 Å². The predicted octanol–water partition coefficient (Wildman–Crippen LogP) is 4.87. The van der Waals surface area contributed by atoms with Crippen LogP contribution in [-0.2, 0) is 28.5 Å². The number of fused-ring (bicyclic) bond motifs is 1. The van der Waals surface area contributed by atoms with Gasteiger partial charge in [0.05, 0.1) is 49.7 Å². The number of benzene rings is 4. The Bertz CT molecular complexity index is 2090. The first-order valence-corrected chi connectivity index (χ1v) is 17.3. The van der Waals surface area contributed by atoms with Crippen LogP contribution in [0.1, 0.15) is 41.4 Å². The molecule has 0 unspecified atom stereocenters. The second-order valence-corrected chi connectivity index (χ2v) is 12.3. The van der Waals surface area contributed by atoms with Crippen molar-refractivity contribution in [1.29, 1.82) is 0 Å². The van der Waals surface area contributed by atoms with Crippen molar-refractivity contribution in [2.45, 2.75) is 24.4 Å². The van der Waals surface area contributed by atoms with Crippen LogP contribution >= 0.6 is 0 Å². The molecule has 6 rings (SSSR count). The van der Waals surface area contributed by atoms with Gasteiger partial charge in [0.25, 0.3) is 0 Å². The number of rotatable bonds is 14. The van der Waals surface area contributed by atoms with Crippen LogP contribution in [-0.4, -0.2) is 87.7 Å². The summed E-state index contributed by atoms with van der Waals surface area (Å²) in [4.78, 5) is 74.7. The molecule has 16 heteroatoms. The number of hydrogen-bond donors (Lipinski definition) is 0. The van der Waals surface area contributed by atoms with E-state index in [1.54, 1.807) is 0 Å². The Morgan fingerprint density at radius 3 is 1.21 bits per heavy atom. The molecule has 0 aromatic heterocycles. The molecule has 0 radical (unpaired) electrons. The van der Waals surface area contributed by atoms with Crippen molar-refractivity contribution in [2.75, 3.05) is 27.4 Å². The first kappa shape index (κ1) is 40.4. The van der Waals surface area contributed by atoms with Crippen LogP contribution in [0.2, 0.25) is 0 Å². The van der Waals surface area contributed by atoms with Gasteiger partial charge in [0.2, 0.25) is 0 Å². The predicted molar refractivity (Wildman–Crippen MR) is 198 cm³/mol. The average Bonchev–Trinajstić information content (AvgIpc) is 3.83. The van der Waals surface area contributed by atoms with Gasteiger partial charge in [-0.05, 0) is 84.9 Å². The van der Waals surface area contributed by atoms with Crippen LogP contribution in [0.4, 0.5) is 0 Å². The Balaban J connectivity index is 1.02. The van der Waals surface area contributed by atoms with Crippen LogP contribution in [0, 0.1) is 0 Å². The van der Waals surface area contributed by atoms with Gasteiger partial charge in [0.15, 0.2) is 35.2 Å². The number of carbonyl (C=O) groups is 6. The van der Waals surface area contributed by atoms with E-state index in [-0.39, 0.29) is 70.0 Å². The summed E-state index contributed by atoms with van der Waals surface area (Å²) in [6, 6.07) is 19.5. The highest BCUT2D eigenvalue weighted by atomic mass is 16.7. The molecule has 4 aromatic carbocycles. The van der Waals surface area contributed by atoms with Crippen molar-refractivity contribution >= 4 is 35.8 Å². The monoisotopic (exact) mass is 794 g/mol. The summed E-state index contributed by atoms with van der Waals surface area (Å²) in [5, 5.41) is 0. The third kappa shape index (κ3) is 9.38. The lowest BCUT2D eigenvalue weighted by molar-refractivity contribution is -0.129. The Labute approximate surface area is 330 Å². The van der Waals surface area contributed by atoms with Crippen LogP contribution in [0.25, 0.3) is 0 Å². The van der Waals surface area contributed by atoms with Crippen molar-refractivity contribution in [3.8, 4) is 34.5 Å². The SMILES string of the molecule is C=CC(=O)Oc1ccc(C(=O)Oc2ccc(C(=O)O[C@H]3CO[C@H]4[C@@H]3OC[C@H]4OC(=O)c3ccc(OC(=O)c4ccc(OC(=O)C=C)cc4)c(OC)c3)cc2OC)cc1. The van der Waals surface area contributed by atoms with E-state index < -0.39 is 60.2 Å². The largest absolute Gasteiger partial charge is 0.493 e. The molecule has 2 aliphatic heterocycles. The van der Waals surface area contributed by atoms with E-state index in [0.29, 0.717) is 0 Å². The quantitative estimate of drug-likeness (QED) is 0.0952. The lowest BCUT2D eigenvalue weighted by atomic mass is 10.1. The normalized spacial score (nSPS) is 17.8. The number of ether oxygens (including phenoxy) is 10. The summed E-state index contributed by atoms with van der Waals surface area (Å²) in [6.07, 6.45) is -1.15. The molecule has 16 nitrogen and oxygen atoms in total. The fourth-order valence-corrected chi connectivity index (χ4v) is 5.75. The summed E-state index contributed by atoms with van der Waals surface area (Å²) >= 11 is 0. The maximum Gasteiger partial charge on any atom is 0.343 e. The topological polar surface area (TPSA) is 195 Å². The Morgan fingerprint density at radius 1 is 0.500 bits per heavy atom. The number of carbonyl (C=O) groups excluding carboxylic acids is 6. The molecule has 58 heavy (non-hydrogen) atoms. The first-order chi connectivity index (χ1) is 28.0. The van der Waals surface area contributed by atoms with E-state index in [2.05, 4.69) is 13.2 Å². The molecule has 2 heterocycles. The molecule has 0 amide bonds. The standard InChI is InChI=1S/C42H34O16/c1-5-35(43)53-27-13-7-23(8-14-27)39(45)55-29-17-11-25(19-31(29)49-3)41(47)57-33-21-51-38-34(22-52-37(33)38)58-42(48)26-12-18-30(32(20-26)50-4)56-40(46)24-9-15-28(16-10-24)54-36(44)6-2/h5-20,33-34,37-38H,1-2,21-22H2,3-4H3/t33-,34+,37-,38-/m1/s1. The fourth-order valence-electron chi connectivity index (χ4n) is 5.75. The van der Waals surface area contributed by atoms with Gasteiger partial charge in [-0.2, -0.15) is 0 Å². The van der Waals surface area contributed by atoms with Gasteiger partial charge >= 0.3 is 35.8 Å². The Kier molecular flexibility index (Phi) is 12.6. The summed E-state index contributed by atoms with van der Waals surface area (Å²) in [6.45, 7) is 6.58. The van der Waals surface area contributed by atoms with Crippen LogP contribution in [0.15, 0.2) is 110 Å². The van der Waals surface area contributed by atoms with Gasteiger partial charge in [-0.25, -0.2) is 28.8 Å². The minimum atomic E-state index is -0.842. The molecule has 4 aromatic rings. The zero-order valence-corrected chi connectivity index (χ0v) is 30.9. The summed E-state index contributed by atoms with van der Waals surface area (Å²) < 4.78 is 54.7. The molecule has 4 atom stereocenters. The summed E-state index contributed by atoms with van der Waals surface area (Å²) in [5.74, 6) is -3.60. The zero-order chi connectivity index (χ0) is 41.3. The fraction of sp³-hybridized carbons (Fsp3) is 0.190. The van der Waals surface area contributed by atoms with Gasteiger partial charge in [-0.15, -0.1) is 0 Å². The van der Waals surface area contributed by atoms with Gasteiger partial charge in [0, 0.05) is 12.2 Å². The van der Waals surface area contributed by atoms with Gasteiger partial charge in [0.1, 0.15) is 23.7 Å². The highest BCUT2D eigenvalue weighted by Crippen LogP contribution is 2.34. The third-order valence-corrected chi connectivity index (χ3v) is 8.63. The maximum atomic E-state index is 13.2. The van der Waals surface area contributed by atoms with E-state index in [0.717, 1.165) is 12.2 Å². The molecule has 0 spiro atoms. The summed E-state index contributed by atoms with van der Waals surface area (Å²) in [5.41, 5.74) is 0.490. The van der Waals surface area contributed by atoms with Gasteiger partial charge < -0.3 is 47.4 Å². The van der Waals surface area contributed by atoms with Gasteiger partial charge in [-0.3, -0.25) is 0 Å². The second kappa shape index (κ2) is 18.1. The van der Waals surface area contributed by atoms with E-state index >= 15 is 0 Å². The van der Waals surface area contributed by atoms with Crippen molar-refractivity contribution < 1.29 is 76.1 Å². The zero-order valence-electron chi connectivity index (χ0n) is 30.9.